The second-order valence-corrected chi connectivity index (χ2v) is 5.34. The molecule has 118 valence electrons. The van der Waals surface area contributed by atoms with Crippen molar-refractivity contribution in [3.8, 4) is 12.1 Å². The maximum atomic E-state index is 12.6. The van der Waals surface area contributed by atoms with Gasteiger partial charge in [0.2, 0.25) is 0 Å². The van der Waals surface area contributed by atoms with Crippen LogP contribution in [0, 0.1) is 28.6 Å². The number of para-hydroxylation sites is 1. The molecule has 0 aliphatic carbocycles. The van der Waals surface area contributed by atoms with Gasteiger partial charge in [-0.25, -0.2) is 0 Å². The summed E-state index contributed by atoms with van der Waals surface area (Å²) >= 11 is 0. The van der Waals surface area contributed by atoms with Crippen molar-refractivity contribution >= 4 is 11.5 Å². The zero-order chi connectivity index (χ0) is 17.4. The number of carbonyl (C=O) groups is 1. The van der Waals surface area contributed by atoms with Crippen LogP contribution in [-0.4, -0.2) is 5.78 Å². The van der Waals surface area contributed by atoms with Crippen molar-refractivity contribution in [3.63, 3.8) is 0 Å². The number of nitriles is 2. The van der Waals surface area contributed by atoms with Crippen molar-refractivity contribution in [3.05, 3.63) is 77.5 Å². The van der Waals surface area contributed by atoms with Gasteiger partial charge in [-0.3, -0.25) is 4.79 Å². The molecular formula is C20H17N3O. The summed E-state index contributed by atoms with van der Waals surface area (Å²) in [5.41, 5.74) is 2.11. The normalized spacial score (nSPS) is 12.3. The van der Waals surface area contributed by atoms with Crippen LogP contribution in [0.1, 0.15) is 12.5 Å². The lowest BCUT2D eigenvalue weighted by Gasteiger charge is -2.12. The minimum absolute atomic E-state index is 0.0127. The first kappa shape index (κ1) is 17.0. The van der Waals surface area contributed by atoms with Gasteiger partial charge in [-0.1, -0.05) is 48.5 Å². The van der Waals surface area contributed by atoms with Crippen LogP contribution in [0.5, 0.6) is 0 Å². The van der Waals surface area contributed by atoms with Gasteiger partial charge < -0.3 is 5.32 Å². The van der Waals surface area contributed by atoms with Gasteiger partial charge in [0.1, 0.15) is 17.6 Å². The number of allylic oxidation sites excluding steroid dienone is 2. The van der Waals surface area contributed by atoms with Crippen LogP contribution < -0.4 is 5.32 Å². The third-order valence-corrected chi connectivity index (χ3v) is 3.59. The molecule has 0 saturated heterocycles. The number of nitrogens with one attached hydrogen (secondary N) is 1. The monoisotopic (exact) mass is 315 g/mol. The molecule has 0 saturated carbocycles. The van der Waals surface area contributed by atoms with Crippen molar-refractivity contribution in [1.29, 1.82) is 10.5 Å². The predicted molar refractivity (Wildman–Crippen MR) is 92.6 cm³/mol. The molecule has 2 aromatic rings. The quantitative estimate of drug-likeness (QED) is 0.649. The highest BCUT2D eigenvalue weighted by atomic mass is 16.1. The summed E-state index contributed by atoms with van der Waals surface area (Å²) in [6, 6.07) is 22.6. The van der Waals surface area contributed by atoms with Crippen LogP contribution >= 0.6 is 0 Å². The molecule has 2 aromatic carbocycles. The Balaban J connectivity index is 2.21. The summed E-state index contributed by atoms with van der Waals surface area (Å²) in [7, 11) is 0. The van der Waals surface area contributed by atoms with Crippen molar-refractivity contribution in [2.24, 2.45) is 5.92 Å². The van der Waals surface area contributed by atoms with E-state index in [4.69, 9.17) is 0 Å². The van der Waals surface area contributed by atoms with Crippen molar-refractivity contribution in [1.82, 2.24) is 0 Å². The molecule has 4 nitrogen and oxygen atoms in total. The van der Waals surface area contributed by atoms with E-state index in [1.807, 2.05) is 72.8 Å². The van der Waals surface area contributed by atoms with Crippen molar-refractivity contribution < 1.29 is 4.79 Å². The maximum Gasteiger partial charge on any atom is 0.192 e. The predicted octanol–water partition coefficient (Wildman–Crippen LogP) is 3.85. The van der Waals surface area contributed by atoms with Crippen molar-refractivity contribution in [2.45, 2.75) is 13.3 Å². The molecule has 0 aliphatic rings. The number of carbonyl (C=O) groups excluding carboxylic acids is 1. The molecule has 0 amide bonds. The zero-order valence-corrected chi connectivity index (χ0v) is 13.4. The number of rotatable bonds is 6. The van der Waals surface area contributed by atoms with Gasteiger partial charge in [0, 0.05) is 11.4 Å². The maximum absolute atomic E-state index is 12.6. The van der Waals surface area contributed by atoms with E-state index in [9.17, 15) is 15.3 Å². The average molecular weight is 315 g/mol. The van der Waals surface area contributed by atoms with Crippen LogP contribution in [0.4, 0.5) is 5.69 Å². The largest absolute Gasteiger partial charge is 0.358 e. The molecular weight excluding hydrogens is 298 g/mol. The Labute approximate surface area is 141 Å². The second-order valence-electron chi connectivity index (χ2n) is 5.34. The molecule has 0 fully saturated rings. The standard InChI is InChI=1S/C20H17N3O/c1-15(23-18-10-6-3-7-11-18)19(14-22)20(24)17(13-21)12-16-8-4-2-5-9-16/h2-11,17,23H,12H2,1H3/b19-15-. The number of anilines is 1. The lowest BCUT2D eigenvalue weighted by atomic mass is 9.92. The molecule has 0 radical (unpaired) electrons. The van der Waals surface area contributed by atoms with Crippen LogP contribution in [0.2, 0.25) is 0 Å². The fourth-order valence-electron chi connectivity index (χ4n) is 2.35. The first-order valence-electron chi connectivity index (χ1n) is 7.56. The molecule has 0 spiro atoms. The van der Waals surface area contributed by atoms with E-state index in [0.717, 1.165) is 11.3 Å². The minimum Gasteiger partial charge on any atom is -0.358 e. The Bertz CT molecular complexity index is 811. The van der Waals surface area contributed by atoms with Gasteiger partial charge in [-0.05, 0) is 31.0 Å². The van der Waals surface area contributed by atoms with E-state index >= 15 is 0 Å². The van der Waals surface area contributed by atoms with Gasteiger partial charge in [-0.2, -0.15) is 10.5 Å². The number of hydrogen-bond acceptors (Lipinski definition) is 4. The third-order valence-electron chi connectivity index (χ3n) is 3.59. The lowest BCUT2D eigenvalue weighted by molar-refractivity contribution is -0.117. The number of Topliss-reactive ketones (excluding diaryl/α,β-unsaturated/α-hetero) is 1. The third kappa shape index (κ3) is 4.32. The van der Waals surface area contributed by atoms with E-state index in [0.29, 0.717) is 12.1 Å². The molecule has 1 N–H and O–H groups in total. The van der Waals surface area contributed by atoms with Gasteiger partial charge in [0.05, 0.1) is 6.07 Å². The summed E-state index contributed by atoms with van der Waals surface area (Å²) in [6.45, 7) is 1.67. The van der Waals surface area contributed by atoms with Crippen LogP contribution in [0.15, 0.2) is 71.9 Å². The molecule has 2 rings (SSSR count). The average Bonchev–Trinajstić information content (AvgIpc) is 2.62. The topological polar surface area (TPSA) is 76.7 Å². The molecule has 1 unspecified atom stereocenters. The van der Waals surface area contributed by atoms with Gasteiger partial charge in [0.25, 0.3) is 0 Å². The summed E-state index contributed by atoms with van der Waals surface area (Å²) in [5, 5.41) is 21.8. The first-order chi connectivity index (χ1) is 11.7. The highest BCUT2D eigenvalue weighted by Gasteiger charge is 2.24. The fourth-order valence-corrected chi connectivity index (χ4v) is 2.35. The molecule has 0 heterocycles. The Morgan fingerprint density at radius 2 is 1.62 bits per heavy atom. The van der Waals surface area contributed by atoms with Crippen LogP contribution in [0.25, 0.3) is 0 Å². The summed E-state index contributed by atoms with van der Waals surface area (Å²) < 4.78 is 0. The molecule has 24 heavy (non-hydrogen) atoms. The van der Waals surface area contributed by atoms with Crippen LogP contribution in [0.3, 0.4) is 0 Å². The summed E-state index contributed by atoms with van der Waals surface area (Å²) in [4.78, 5) is 12.6. The molecule has 1 atom stereocenters. The Kier molecular flexibility index (Phi) is 5.88. The van der Waals surface area contributed by atoms with Gasteiger partial charge >= 0.3 is 0 Å². The molecule has 4 heteroatoms. The Hall–Kier alpha value is -3.37. The van der Waals surface area contributed by atoms with Gasteiger partial charge in [-0.15, -0.1) is 0 Å². The zero-order valence-electron chi connectivity index (χ0n) is 13.4. The molecule has 0 aliphatic heterocycles. The number of nitrogens with zero attached hydrogens (tertiary/aromatic N) is 2. The highest BCUT2D eigenvalue weighted by Crippen LogP contribution is 2.17. The fraction of sp³-hybridized carbons (Fsp3) is 0.150. The molecule has 0 aromatic heterocycles. The molecule has 0 bridgehead atoms. The van der Waals surface area contributed by atoms with Gasteiger partial charge in [0.15, 0.2) is 5.78 Å². The number of hydrogen-bond donors (Lipinski definition) is 1. The number of ketones is 1. The lowest BCUT2D eigenvalue weighted by Crippen LogP contribution is -2.19. The van der Waals surface area contributed by atoms with E-state index < -0.39 is 11.7 Å². The van der Waals surface area contributed by atoms with E-state index in [2.05, 4.69) is 5.32 Å². The second kappa shape index (κ2) is 8.31. The summed E-state index contributed by atoms with van der Waals surface area (Å²) in [5.74, 6) is -1.33. The summed E-state index contributed by atoms with van der Waals surface area (Å²) in [6.07, 6.45) is 0.292. The minimum atomic E-state index is -0.880. The van der Waals surface area contributed by atoms with Crippen molar-refractivity contribution in [2.75, 3.05) is 5.32 Å². The number of benzene rings is 2. The first-order valence-corrected chi connectivity index (χ1v) is 7.56. The highest BCUT2D eigenvalue weighted by molar-refractivity contribution is 6.03. The van der Waals surface area contributed by atoms with Crippen LogP contribution in [-0.2, 0) is 11.2 Å². The van der Waals surface area contributed by atoms with E-state index in [1.165, 1.54) is 0 Å². The SMILES string of the molecule is C/C(Nc1ccccc1)=C(\C#N)C(=O)C(C#N)Cc1ccccc1. The Morgan fingerprint density at radius 3 is 2.17 bits per heavy atom. The smallest absolute Gasteiger partial charge is 0.192 e. The Morgan fingerprint density at radius 1 is 1.04 bits per heavy atom. The van der Waals surface area contributed by atoms with E-state index in [1.54, 1.807) is 6.92 Å². The van der Waals surface area contributed by atoms with E-state index in [-0.39, 0.29) is 5.57 Å².